The summed E-state index contributed by atoms with van der Waals surface area (Å²) >= 11 is 6.63. The van der Waals surface area contributed by atoms with E-state index in [1.54, 1.807) is 25.1 Å². The average Bonchev–Trinajstić information content (AvgIpc) is 3.42. The molecular weight excluding hydrogens is 622 g/mol. The maximum atomic E-state index is 15.1. The van der Waals surface area contributed by atoms with E-state index in [4.69, 9.17) is 44.8 Å². The zero-order valence-corrected chi connectivity index (χ0v) is 28.3. The summed E-state index contributed by atoms with van der Waals surface area (Å²) in [5.74, 6) is -4.50. The lowest BCUT2D eigenvalue weighted by Crippen LogP contribution is -2.69. The molecule has 256 valence electrons. The summed E-state index contributed by atoms with van der Waals surface area (Å²) in [4.78, 5) is 13.6. The first-order valence-corrected chi connectivity index (χ1v) is 16.8. The predicted octanol–water partition coefficient (Wildman–Crippen LogP) is 7.29. The molecule has 0 radical (unpaired) electrons. The van der Waals surface area contributed by atoms with Crippen LogP contribution in [-0.2, 0) is 45.4 Å². The van der Waals surface area contributed by atoms with Gasteiger partial charge in [0.25, 0.3) is 0 Å². The smallest absolute Gasteiger partial charge is 0.343 e. The van der Waals surface area contributed by atoms with Gasteiger partial charge in [-0.15, -0.1) is 0 Å². The standard InChI is InChI=1S/C35H47ClF2O8/c1-6-10-17-42-30-31(43-18-11-7-2)34(33(39)40-5)22-45-35(46-34,32(30)44-19-12-8-3)25-14-15-26(36)24(21-25)20-23-13-16-27(41-9-4)29(38)28(23)37/h13-16,21,30-32H,6-12,17-20,22H2,1-5H3/t30-,31-,32+,34-,35-/m0/s1. The molecule has 0 N–H and O–H groups in total. The Morgan fingerprint density at radius 2 is 1.54 bits per heavy atom. The number of benzene rings is 2. The summed E-state index contributed by atoms with van der Waals surface area (Å²) in [5, 5.41) is 0.335. The van der Waals surface area contributed by atoms with Crippen LogP contribution in [0.5, 0.6) is 5.75 Å². The third-order valence-corrected chi connectivity index (χ3v) is 8.82. The fourth-order valence-corrected chi connectivity index (χ4v) is 6.13. The molecule has 2 bridgehead atoms. The van der Waals surface area contributed by atoms with E-state index >= 15 is 4.39 Å². The topological polar surface area (TPSA) is 81.7 Å². The number of unbranched alkanes of at least 4 members (excludes halogenated alkanes) is 3. The van der Waals surface area contributed by atoms with Crippen LogP contribution in [0.1, 0.15) is 82.9 Å². The molecule has 2 saturated heterocycles. The zero-order chi connectivity index (χ0) is 33.3. The molecule has 5 atom stereocenters. The highest BCUT2D eigenvalue weighted by Gasteiger charge is 2.72. The maximum Gasteiger partial charge on any atom is 0.343 e. The molecule has 46 heavy (non-hydrogen) atoms. The second kappa shape index (κ2) is 16.7. The monoisotopic (exact) mass is 668 g/mol. The third kappa shape index (κ3) is 7.37. The molecule has 0 saturated carbocycles. The molecule has 2 aliphatic rings. The van der Waals surface area contributed by atoms with Gasteiger partial charge in [0, 0.05) is 36.8 Å². The van der Waals surface area contributed by atoms with Gasteiger partial charge in [0.1, 0.15) is 18.3 Å². The van der Waals surface area contributed by atoms with Gasteiger partial charge in [0.05, 0.1) is 20.3 Å². The third-order valence-electron chi connectivity index (χ3n) is 8.45. The van der Waals surface area contributed by atoms with Crippen molar-refractivity contribution in [3.8, 4) is 5.75 Å². The highest BCUT2D eigenvalue weighted by molar-refractivity contribution is 6.31. The number of ether oxygens (including phenoxy) is 7. The van der Waals surface area contributed by atoms with Gasteiger partial charge >= 0.3 is 5.97 Å². The zero-order valence-electron chi connectivity index (χ0n) is 27.5. The van der Waals surface area contributed by atoms with Crippen LogP contribution in [0.25, 0.3) is 0 Å². The Labute approximate surface area is 275 Å². The predicted molar refractivity (Wildman–Crippen MR) is 169 cm³/mol. The molecule has 0 spiro atoms. The molecule has 8 nitrogen and oxygen atoms in total. The number of rotatable bonds is 18. The van der Waals surface area contributed by atoms with E-state index in [-0.39, 0.29) is 30.9 Å². The van der Waals surface area contributed by atoms with Crippen LogP contribution in [0.15, 0.2) is 30.3 Å². The first kappa shape index (κ1) is 36.5. The number of fused-ring (bicyclic) bond motifs is 2. The van der Waals surface area contributed by atoms with E-state index in [9.17, 15) is 9.18 Å². The van der Waals surface area contributed by atoms with Crippen LogP contribution in [0.2, 0.25) is 5.02 Å². The molecule has 4 rings (SSSR count). The van der Waals surface area contributed by atoms with Crippen molar-refractivity contribution in [2.45, 2.75) is 102 Å². The second-order valence-electron chi connectivity index (χ2n) is 11.7. The molecular formula is C35H47ClF2O8. The van der Waals surface area contributed by atoms with Gasteiger partial charge in [-0.2, -0.15) is 4.39 Å². The number of carbonyl (C=O) groups excluding carboxylic acids is 1. The second-order valence-corrected chi connectivity index (χ2v) is 12.1. The Balaban J connectivity index is 1.82. The lowest BCUT2D eigenvalue weighted by molar-refractivity contribution is -0.341. The normalized spacial score (nSPS) is 25.5. The fourth-order valence-electron chi connectivity index (χ4n) is 5.95. The van der Waals surface area contributed by atoms with Gasteiger partial charge < -0.3 is 33.2 Å². The van der Waals surface area contributed by atoms with Crippen LogP contribution in [-0.4, -0.2) is 70.0 Å². The van der Waals surface area contributed by atoms with Gasteiger partial charge in [-0.3, -0.25) is 0 Å². The molecule has 2 aromatic rings. The van der Waals surface area contributed by atoms with Crippen molar-refractivity contribution in [1.29, 1.82) is 0 Å². The van der Waals surface area contributed by atoms with Gasteiger partial charge in [0.15, 0.2) is 11.6 Å². The highest BCUT2D eigenvalue weighted by Crippen LogP contribution is 2.53. The number of hydrogen-bond donors (Lipinski definition) is 0. The molecule has 2 fully saturated rings. The Bertz CT molecular complexity index is 1310. The van der Waals surface area contributed by atoms with E-state index in [1.807, 2.05) is 0 Å². The molecule has 11 heteroatoms. The van der Waals surface area contributed by atoms with Gasteiger partial charge in [-0.1, -0.05) is 63.8 Å². The van der Waals surface area contributed by atoms with E-state index in [0.717, 1.165) is 38.5 Å². The van der Waals surface area contributed by atoms with Crippen molar-refractivity contribution in [2.75, 3.05) is 40.1 Å². The average molecular weight is 669 g/mol. The lowest BCUT2D eigenvalue weighted by atomic mass is 9.82. The summed E-state index contributed by atoms with van der Waals surface area (Å²) in [5.41, 5.74) is -0.564. The Hall–Kier alpha value is -2.34. The number of hydrogen-bond acceptors (Lipinski definition) is 8. The van der Waals surface area contributed by atoms with Gasteiger partial charge in [0.2, 0.25) is 17.2 Å². The molecule has 2 heterocycles. The minimum atomic E-state index is -1.64. The summed E-state index contributed by atoms with van der Waals surface area (Å²) in [7, 11) is 1.30. The fraction of sp³-hybridized carbons (Fsp3) is 0.629. The van der Waals surface area contributed by atoms with Crippen LogP contribution in [0, 0.1) is 11.6 Å². The van der Waals surface area contributed by atoms with Crippen molar-refractivity contribution >= 4 is 17.6 Å². The minimum Gasteiger partial charge on any atom is -0.491 e. The van der Waals surface area contributed by atoms with Crippen molar-refractivity contribution in [3.63, 3.8) is 0 Å². The van der Waals surface area contributed by atoms with Gasteiger partial charge in [-0.25, -0.2) is 9.18 Å². The van der Waals surface area contributed by atoms with Crippen molar-refractivity contribution in [2.24, 2.45) is 0 Å². The number of carbonyl (C=O) groups is 1. The Kier molecular flexibility index (Phi) is 13.2. The molecule has 2 aromatic carbocycles. The molecule has 0 unspecified atom stereocenters. The van der Waals surface area contributed by atoms with Crippen molar-refractivity contribution in [3.05, 3.63) is 63.7 Å². The van der Waals surface area contributed by atoms with E-state index in [1.165, 1.54) is 19.2 Å². The SMILES string of the molecule is CCCCO[C@@H]1[C@@H](OCCCC)[C@@]2(c3ccc(Cl)c(Cc4ccc(OCC)c(F)c4F)c3)OC[C@](C(=O)OC)(O2)[C@H]1OCCCC. The number of methoxy groups -OCH3 is 1. The van der Waals surface area contributed by atoms with Crippen molar-refractivity contribution < 1.29 is 46.7 Å². The van der Waals surface area contributed by atoms with Crippen LogP contribution < -0.4 is 4.74 Å². The summed E-state index contributed by atoms with van der Waals surface area (Å²) in [6, 6.07) is 7.97. The maximum absolute atomic E-state index is 15.1. The first-order valence-electron chi connectivity index (χ1n) is 16.4. The van der Waals surface area contributed by atoms with Crippen LogP contribution in [0.4, 0.5) is 8.78 Å². The molecule has 0 aromatic heterocycles. The van der Waals surface area contributed by atoms with Crippen LogP contribution >= 0.6 is 11.6 Å². The first-order chi connectivity index (χ1) is 22.2. The van der Waals surface area contributed by atoms with Crippen LogP contribution in [0.3, 0.4) is 0 Å². The van der Waals surface area contributed by atoms with Gasteiger partial charge in [-0.05, 0) is 55.5 Å². The molecule has 0 amide bonds. The quantitative estimate of drug-likeness (QED) is 0.121. The highest BCUT2D eigenvalue weighted by atomic mass is 35.5. The summed E-state index contributed by atoms with van der Waals surface area (Å²) in [6.45, 7) is 9.07. The lowest BCUT2D eigenvalue weighted by Gasteiger charge is -2.49. The summed E-state index contributed by atoms with van der Waals surface area (Å²) in [6.07, 6.45) is 2.50. The van der Waals surface area contributed by atoms with E-state index < -0.39 is 47.3 Å². The Morgan fingerprint density at radius 3 is 2.17 bits per heavy atom. The minimum absolute atomic E-state index is 0.0272. The Morgan fingerprint density at radius 1 is 0.891 bits per heavy atom. The molecule has 2 aliphatic heterocycles. The largest absolute Gasteiger partial charge is 0.491 e. The number of esters is 1. The van der Waals surface area contributed by atoms with Crippen molar-refractivity contribution in [1.82, 2.24) is 0 Å². The number of halogens is 3. The van der Waals surface area contributed by atoms with E-state index in [0.29, 0.717) is 36.0 Å². The summed E-state index contributed by atoms with van der Waals surface area (Å²) < 4.78 is 73.1. The molecule has 0 aliphatic carbocycles. The van der Waals surface area contributed by atoms with E-state index in [2.05, 4.69) is 20.8 Å².